The summed E-state index contributed by atoms with van der Waals surface area (Å²) >= 11 is 0. The predicted octanol–water partition coefficient (Wildman–Crippen LogP) is 1.12. The fourth-order valence-electron chi connectivity index (χ4n) is 1.66. The second kappa shape index (κ2) is 5.85. The molecule has 0 saturated heterocycles. The summed E-state index contributed by atoms with van der Waals surface area (Å²) < 4.78 is 10.2. The van der Waals surface area contributed by atoms with E-state index in [2.05, 4.69) is 10.2 Å². The second-order valence-corrected chi connectivity index (χ2v) is 3.78. The summed E-state index contributed by atoms with van der Waals surface area (Å²) in [6, 6.07) is 7.16. The summed E-state index contributed by atoms with van der Waals surface area (Å²) in [5.41, 5.74) is 5.87. The molecule has 1 amide bonds. The molecule has 1 aromatic carbocycles. The van der Waals surface area contributed by atoms with Gasteiger partial charge in [-0.05, 0) is 17.7 Å². The van der Waals surface area contributed by atoms with Crippen LogP contribution in [-0.2, 0) is 11.3 Å². The highest BCUT2D eigenvalue weighted by atomic mass is 16.6. The largest absolute Gasteiger partial charge is 0.497 e. The van der Waals surface area contributed by atoms with Gasteiger partial charge < -0.3 is 15.2 Å². The van der Waals surface area contributed by atoms with Crippen LogP contribution in [0.1, 0.15) is 11.7 Å². The van der Waals surface area contributed by atoms with Crippen molar-refractivity contribution in [1.82, 2.24) is 15.0 Å². The molecule has 0 aliphatic rings. The number of nitrogens with zero attached hydrogens (tertiary/aromatic N) is 3. The van der Waals surface area contributed by atoms with Crippen LogP contribution >= 0.6 is 0 Å². The molecule has 7 heteroatoms. The van der Waals surface area contributed by atoms with Crippen molar-refractivity contribution in [3.63, 3.8) is 0 Å². The summed E-state index contributed by atoms with van der Waals surface area (Å²) in [6.45, 7) is 0.294. The zero-order chi connectivity index (χ0) is 13.7. The van der Waals surface area contributed by atoms with Crippen molar-refractivity contribution in [3.8, 4) is 5.75 Å². The minimum Gasteiger partial charge on any atom is -0.497 e. The molecule has 2 aromatic rings. The number of carbonyl (C=O) groups excluding carboxylic acids is 1. The minimum absolute atomic E-state index is 0.294. The molecular weight excluding hydrogens is 248 g/mol. The zero-order valence-corrected chi connectivity index (χ0v) is 10.4. The van der Waals surface area contributed by atoms with Gasteiger partial charge >= 0.3 is 6.09 Å². The SMILES string of the molecule is COc1ccc(C(Cn2nccn2)OC(N)=O)cc1. The van der Waals surface area contributed by atoms with Crippen molar-refractivity contribution < 1.29 is 14.3 Å². The Balaban J connectivity index is 2.17. The van der Waals surface area contributed by atoms with Gasteiger partial charge in [-0.3, -0.25) is 0 Å². The first-order valence-corrected chi connectivity index (χ1v) is 5.63. The number of primary amides is 1. The normalized spacial score (nSPS) is 11.8. The van der Waals surface area contributed by atoms with Crippen LogP contribution in [0.4, 0.5) is 4.79 Å². The van der Waals surface area contributed by atoms with E-state index in [0.717, 1.165) is 11.3 Å². The van der Waals surface area contributed by atoms with E-state index in [1.54, 1.807) is 43.8 Å². The molecule has 0 radical (unpaired) electrons. The van der Waals surface area contributed by atoms with Crippen LogP contribution in [0.5, 0.6) is 5.75 Å². The predicted molar refractivity (Wildman–Crippen MR) is 66.4 cm³/mol. The average Bonchev–Trinajstić information content (AvgIpc) is 2.90. The summed E-state index contributed by atoms with van der Waals surface area (Å²) in [5, 5.41) is 7.94. The number of benzene rings is 1. The number of aromatic nitrogens is 3. The number of methoxy groups -OCH3 is 1. The molecule has 1 heterocycles. The van der Waals surface area contributed by atoms with Crippen molar-refractivity contribution in [1.29, 1.82) is 0 Å². The molecule has 1 unspecified atom stereocenters. The molecule has 2 N–H and O–H groups in total. The maximum atomic E-state index is 11.0. The van der Waals surface area contributed by atoms with E-state index in [4.69, 9.17) is 15.2 Å². The maximum absolute atomic E-state index is 11.0. The van der Waals surface area contributed by atoms with E-state index >= 15 is 0 Å². The molecule has 100 valence electrons. The highest BCUT2D eigenvalue weighted by molar-refractivity contribution is 5.65. The molecule has 1 aromatic heterocycles. The molecule has 0 saturated carbocycles. The Kier molecular flexibility index (Phi) is 3.97. The molecule has 0 spiro atoms. The quantitative estimate of drug-likeness (QED) is 0.871. The standard InChI is InChI=1S/C12H14N4O3/c1-18-10-4-2-9(3-5-10)11(19-12(13)17)8-16-14-6-7-15-16/h2-7,11H,8H2,1H3,(H2,13,17). The summed E-state index contributed by atoms with van der Waals surface area (Å²) in [5.74, 6) is 0.721. The number of hydrogen-bond acceptors (Lipinski definition) is 5. The highest BCUT2D eigenvalue weighted by Gasteiger charge is 2.17. The third-order valence-electron chi connectivity index (χ3n) is 2.54. The van der Waals surface area contributed by atoms with Gasteiger partial charge in [0, 0.05) is 0 Å². The van der Waals surface area contributed by atoms with Crippen LogP contribution in [0.2, 0.25) is 0 Å². The molecular formula is C12H14N4O3. The van der Waals surface area contributed by atoms with Crippen LogP contribution in [0.3, 0.4) is 0 Å². The number of amides is 1. The van der Waals surface area contributed by atoms with Crippen molar-refractivity contribution in [3.05, 3.63) is 42.2 Å². The fourth-order valence-corrected chi connectivity index (χ4v) is 1.66. The van der Waals surface area contributed by atoms with Crippen molar-refractivity contribution >= 4 is 6.09 Å². The first-order valence-electron chi connectivity index (χ1n) is 5.63. The third-order valence-corrected chi connectivity index (χ3v) is 2.54. The number of rotatable bonds is 5. The minimum atomic E-state index is -0.840. The van der Waals surface area contributed by atoms with Crippen molar-refractivity contribution in [2.45, 2.75) is 12.6 Å². The topological polar surface area (TPSA) is 92.3 Å². The highest BCUT2D eigenvalue weighted by Crippen LogP contribution is 2.21. The van der Waals surface area contributed by atoms with Crippen molar-refractivity contribution in [2.24, 2.45) is 5.73 Å². The molecule has 19 heavy (non-hydrogen) atoms. The van der Waals surface area contributed by atoms with Crippen molar-refractivity contribution in [2.75, 3.05) is 7.11 Å². The molecule has 0 aliphatic carbocycles. The van der Waals surface area contributed by atoms with Gasteiger partial charge in [-0.15, -0.1) is 0 Å². The lowest BCUT2D eigenvalue weighted by Crippen LogP contribution is -2.22. The fraction of sp³-hybridized carbons (Fsp3) is 0.250. The summed E-state index contributed by atoms with van der Waals surface area (Å²) in [4.78, 5) is 12.4. The maximum Gasteiger partial charge on any atom is 0.405 e. The van der Waals surface area contributed by atoms with E-state index in [9.17, 15) is 4.79 Å². The Hall–Kier alpha value is -2.57. The number of carbonyl (C=O) groups is 1. The Labute approximate surface area is 109 Å². The lowest BCUT2D eigenvalue weighted by molar-refractivity contribution is 0.0904. The lowest BCUT2D eigenvalue weighted by Gasteiger charge is -2.16. The van der Waals surface area contributed by atoms with Gasteiger partial charge in [0.15, 0.2) is 0 Å². The van der Waals surface area contributed by atoms with Gasteiger partial charge in [0.25, 0.3) is 0 Å². The van der Waals surface area contributed by atoms with Gasteiger partial charge in [0.1, 0.15) is 18.4 Å². The van der Waals surface area contributed by atoms with Gasteiger partial charge in [0.2, 0.25) is 0 Å². The molecule has 7 nitrogen and oxygen atoms in total. The first kappa shape index (κ1) is 12.9. The van der Waals surface area contributed by atoms with Crippen LogP contribution in [-0.4, -0.2) is 28.2 Å². The van der Waals surface area contributed by atoms with E-state index < -0.39 is 12.2 Å². The van der Waals surface area contributed by atoms with Gasteiger partial charge in [-0.1, -0.05) is 12.1 Å². The summed E-state index contributed by atoms with van der Waals surface area (Å²) in [6.07, 6.45) is 1.72. The Bertz CT molecular complexity index is 524. The molecule has 0 aliphatic heterocycles. The third kappa shape index (κ3) is 3.44. The van der Waals surface area contributed by atoms with Crippen LogP contribution in [0.25, 0.3) is 0 Å². The van der Waals surface area contributed by atoms with Crippen LogP contribution < -0.4 is 10.5 Å². The van der Waals surface area contributed by atoms with Crippen LogP contribution in [0.15, 0.2) is 36.7 Å². The van der Waals surface area contributed by atoms with Crippen LogP contribution in [0, 0.1) is 0 Å². The Morgan fingerprint density at radius 2 is 1.95 bits per heavy atom. The first-order chi connectivity index (χ1) is 9.19. The Morgan fingerprint density at radius 3 is 2.47 bits per heavy atom. The number of nitrogens with two attached hydrogens (primary N) is 1. The monoisotopic (exact) mass is 262 g/mol. The molecule has 0 fully saturated rings. The lowest BCUT2D eigenvalue weighted by atomic mass is 10.1. The smallest absolute Gasteiger partial charge is 0.405 e. The molecule has 0 bridgehead atoms. The van der Waals surface area contributed by atoms with E-state index in [1.165, 1.54) is 4.80 Å². The second-order valence-electron chi connectivity index (χ2n) is 3.78. The molecule has 2 rings (SSSR count). The van der Waals surface area contributed by atoms with E-state index in [-0.39, 0.29) is 0 Å². The van der Waals surface area contributed by atoms with Gasteiger partial charge in [0.05, 0.1) is 19.5 Å². The van der Waals surface area contributed by atoms with Gasteiger partial charge in [-0.2, -0.15) is 15.0 Å². The van der Waals surface area contributed by atoms with Gasteiger partial charge in [-0.25, -0.2) is 4.79 Å². The Morgan fingerprint density at radius 1 is 1.32 bits per heavy atom. The molecule has 1 atom stereocenters. The summed E-state index contributed by atoms with van der Waals surface area (Å²) in [7, 11) is 1.58. The zero-order valence-electron chi connectivity index (χ0n) is 10.4. The average molecular weight is 262 g/mol. The van der Waals surface area contributed by atoms with E-state index in [1.807, 2.05) is 0 Å². The number of hydrogen-bond donors (Lipinski definition) is 1. The number of ether oxygens (including phenoxy) is 2. The van der Waals surface area contributed by atoms with E-state index in [0.29, 0.717) is 6.54 Å².